The van der Waals surface area contributed by atoms with Gasteiger partial charge in [0.15, 0.2) is 0 Å². The molecule has 19 heavy (non-hydrogen) atoms. The maximum atomic E-state index is 9.17. The molecule has 96 valence electrons. The fraction of sp³-hybridized carbons (Fsp3) is 0.200. The minimum absolute atomic E-state index is 0.527. The quantitative estimate of drug-likeness (QED) is 0.917. The lowest BCUT2D eigenvalue weighted by Gasteiger charge is -2.14. The van der Waals surface area contributed by atoms with Crippen molar-refractivity contribution in [2.45, 2.75) is 20.3 Å². The molecule has 0 aliphatic heterocycles. The van der Waals surface area contributed by atoms with Gasteiger partial charge >= 0.3 is 0 Å². The normalized spacial score (nSPS) is 10.0. The topological polar surface area (TPSA) is 48.7 Å². The molecular formula is C15H14BrN3. The number of pyridine rings is 1. The number of aromatic nitrogens is 1. The second kappa shape index (κ2) is 5.85. The molecule has 0 spiro atoms. The van der Waals surface area contributed by atoms with Crippen molar-refractivity contribution >= 4 is 27.4 Å². The van der Waals surface area contributed by atoms with Crippen LogP contribution in [0.2, 0.25) is 0 Å². The zero-order chi connectivity index (χ0) is 13.8. The number of hydrogen-bond acceptors (Lipinski definition) is 3. The van der Waals surface area contributed by atoms with Crippen LogP contribution in [0.3, 0.4) is 0 Å². The van der Waals surface area contributed by atoms with E-state index in [0.717, 1.165) is 22.1 Å². The van der Waals surface area contributed by atoms with Crippen LogP contribution in [0.4, 0.5) is 11.5 Å². The summed E-state index contributed by atoms with van der Waals surface area (Å²) >= 11 is 3.32. The van der Waals surface area contributed by atoms with Crippen LogP contribution in [0.5, 0.6) is 0 Å². The van der Waals surface area contributed by atoms with Gasteiger partial charge in [-0.05, 0) is 46.5 Å². The Labute approximate surface area is 121 Å². The Bertz CT molecular complexity index is 644. The highest BCUT2D eigenvalue weighted by atomic mass is 79.9. The molecule has 1 aromatic carbocycles. The van der Waals surface area contributed by atoms with Gasteiger partial charge < -0.3 is 5.32 Å². The fourth-order valence-corrected chi connectivity index (χ4v) is 2.28. The molecule has 0 aliphatic rings. The van der Waals surface area contributed by atoms with Crippen LogP contribution in [0.25, 0.3) is 0 Å². The van der Waals surface area contributed by atoms with Crippen LogP contribution < -0.4 is 5.32 Å². The Morgan fingerprint density at radius 3 is 2.89 bits per heavy atom. The Morgan fingerprint density at radius 2 is 2.21 bits per heavy atom. The van der Waals surface area contributed by atoms with Crippen molar-refractivity contribution in [2.75, 3.05) is 5.32 Å². The number of benzene rings is 1. The van der Waals surface area contributed by atoms with E-state index < -0.39 is 0 Å². The van der Waals surface area contributed by atoms with Gasteiger partial charge in [-0.3, -0.25) is 0 Å². The summed E-state index contributed by atoms with van der Waals surface area (Å²) in [5.41, 5.74) is 3.93. The van der Waals surface area contributed by atoms with E-state index in [0.29, 0.717) is 11.4 Å². The Morgan fingerprint density at radius 1 is 1.42 bits per heavy atom. The third-order valence-corrected chi connectivity index (χ3v) is 3.39. The van der Waals surface area contributed by atoms with E-state index in [-0.39, 0.29) is 0 Å². The highest BCUT2D eigenvalue weighted by Gasteiger charge is 2.09. The van der Waals surface area contributed by atoms with Crippen LogP contribution in [0.15, 0.2) is 34.9 Å². The number of nitrogens with one attached hydrogen (secondary N) is 1. The molecule has 0 radical (unpaired) electrons. The number of aryl methyl sites for hydroxylation is 2. The molecule has 2 rings (SSSR count). The third-order valence-electron chi connectivity index (χ3n) is 2.96. The standard InChI is InChI=1S/C15H14BrN3/c1-3-11-6-4-5-10(2)14(11)19-15-12(8-17)7-13(16)9-18-15/h4-7,9H,3H2,1-2H3,(H,18,19). The van der Waals surface area contributed by atoms with Crippen molar-refractivity contribution in [1.29, 1.82) is 5.26 Å². The van der Waals surface area contributed by atoms with Gasteiger partial charge in [-0.25, -0.2) is 4.98 Å². The number of halogens is 1. The molecule has 0 amide bonds. The smallest absolute Gasteiger partial charge is 0.148 e. The second-order valence-electron chi connectivity index (χ2n) is 4.25. The number of para-hydroxylation sites is 1. The minimum atomic E-state index is 0.527. The Balaban J connectivity index is 2.45. The molecule has 4 heteroatoms. The van der Waals surface area contributed by atoms with Crippen molar-refractivity contribution in [2.24, 2.45) is 0 Å². The van der Waals surface area contributed by atoms with Crippen molar-refractivity contribution < 1.29 is 0 Å². The second-order valence-corrected chi connectivity index (χ2v) is 5.16. The van der Waals surface area contributed by atoms with Crippen molar-refractivity contribution in [1.82, 2.24) is 4.98 Å². The number of rotatable bonds is 3. The summed E-state index contributed by atoms with van der Waals surface area (Å²) in [6.45, 7) is 4.16. The zero-order valence-corrected chi connectivity index (χ0v) is 12.5. The van der Waals surface area contributed by atoms with Crippen LogP contribution in [-0.2, 0) is 6.42 Å². The highest BCUT2D eigenvalue weighted by Crippen LogP contribution is 2.27. The fourth-order valence-electron chi connectivity index (χ4n) is 1.94. The summed E-state index contributed by atoms with van der Waals surface area (Å²) < 4.78 is 0.801. The van der Waals surface area contributed by atoms with E-state index >= 15 is 0 Å². The summed E-state index contributed by atoms with van der Waals surface area (Å²) in [5, 5.41) is 12.4. The van der Waals surface area contributed by atoms with Gasteiger partial charge in [0.2, 0.25) is 0 Å². The van der Waals surface area contributed by atoms with Gasteiger partial charge in [0.1, 0.15) is 11.9 Å². The summed E-state index contributed by atoms with van der Waals surface area (Å²) in [7, 11) is 0. The van der Waals surface area contributed by atoms with Crippen molar-refractivity contribution in [3.8, 4) is 6.07 Å². The molecule has 0 saturated heterocycles. The molecule has 1 heterocycles. The van der Waals surface area contributed by atoms with Crippen LogP contribution in [-0.4, -0.2) is 4.98 Å². The van der Waals surface area contributed by atoms with E-state index in [1.165, 1.54) is 5.56 Å². The van der Waals surface area contributed by atoms with E-state index in [1.54, 1.807) is 12.3 Å². The van der Waals surface area contributed by atoms with E-state index in [4.69, 9.17) is 5.26 Å². The first kappa shape index (κ1) is 13.6. The average molecular weight is 316 g/mol. The lowest BCUT2D eigenvalue weighted by Crippen LogP contribution is -2.01. The number of hydrogen-bond donors (Lipinski definition) is 1. The maximum absolute atomic E-state index is 9.17. The first-order valence-electron chi connectivity index (χ1n) is 6.07. The lowest BCUT2D eigenvalue weighted by atomic mass is 10.1. The summed E-state index contributed by atoms with van der Waals surface area (Å²) in [6, 6.07) is 10.1. The van der Waals surface area contributed by atoms with Gasteiger partial charge in [-0.15, -0.1) is 0 Å². The first-order valence-corrected chi connectivity index (χ1v) is 6.86. The van der Waals surface area contributed by atoms with Gasteiger partial charge in [-0.1, -0.05) is 25.1 Å². The monoisotopic (exact) mass is 315 g/mol. The van der Waals surface area contributed by atoms with E-state index in [9.17, 15) is 0 Å². The van der Waals surface area contributed by atoms with Gasteiger partial charge in [0, 0.05) is 16.4 Å². The van der Waals surface area contributed by atoms with Gasteiger partial charge in [0.05, 0.1) is 5.56 Å². The van der Waals surface area contributed by atoms with Crippen LogP contribution in [0.1, 0.15) is 23.6 Å². The summed E-state index contributed by atoms with van der Waals surface area (Å²) in [5.74, 6) is 0.592. The summed E-state index contributed by atoms with van der Waals surface area (Å²) in [6.07, 6.45) is 2.62. The Kier molecular flexibility index (Phi) is 4.18. The molecule has 0 bridgehead atoms. The molecule has 1 aromatic heterocycles. The highest BCUT2D eigenvalue weighted by molar-refractivity contribution is 9.10. The zero-order valence-electron chi connectivity index (χ0n) is 10.9. The number of anilines is 2. The molecular weight excluding hydrogens is 302 g/mol. The minimum Gasteiger partial charge on any atom is -0.339 e. The molecule has 0 atom stereocenters. The maximum Gasteiger partial charge on any atom is 0.148 e. The molecule has 0 fully saturated rings. The van der Waals surface area contributed by atoms with E-state index in [2.05, 4.69) is 45.3 Å². The SMILES string of the molecule is CCc1cccc(C)c1Nc1ncc(Br)cc1C#N. The molecule has 1 N–H and O–H groups in total. The molecule has 3 nitrogen and oxygen atoms in total. The number of nitrogens with zero attached hydrogens (tertiary/aromatic N) is 2. The first-order chi connectivity index (χ1) is 9.15. The third kappa shape index (κ3) is 2.94. The summed E-state index contributed by atoms with van der Waals surface area (Å²) in [4.78, 5) is 4.28. The van der Waals surface area contributed by atoms with Crippen LogP contribution >= 0.6 is 15.9 Å². The molecule has 2 aromatic rings. The van der Waals surface area contributed by atoms with E-state index in [1.807, 2.05) is 19.1 Å². The van der Waals surface area contributed by atoms with Crippen LogP contribution in [0, 0.1) is 18.3 Å². The Hall–Kier alpha value is -1.86. The predicted molar refractivity (Wildman–Crippen MR) is 80.5 cm³/mol. The molecule has 0 aliphatic carbocycles. The van der Waals surface area contributed by atoms with Gasteiger partial charge in [0.25, 0.3) is 0 Å². The van der Waals surface area contributed by atoms with Crippen molar-refractivity contribution in [3.63, 3.8) is 0 Å². The van der Waals surface area contributed by atoms with Crippen molar-refractivity contribution in [3.05, 3.63) is 51.6 Å². The molecule has 0 saturated carbocycles. The number of nitriles is 1. The lowest BCUT2D eigenvalue weighted by molar-refractivity contribution is 1.13. The predicted octanol–water partition coefficient (Wildman–Crippen LogP) is 4.33. The largest absolute Gasteiger partial charge is 0.339 e. The average Bonchev–Trinajstić information content (AvgIpc) is 2.42. The molecule has 0 unspecified atom stereocenters. The van der Waals surface area contributed by atoms with Gasteiger partial charge in [-0.2, -0.15) is 5.26 Å².